The summed E-state index contributed by atoms with van der Waals surface area (Å²) in [7, 11) is 1.65. The number of hydrogen-bond donors (Lipinski definition) is 0. The number of carbonyl (C=O) groups excluding carboxylic acids is 1. The Labute approximate surface area is 157 Å². The largest absolute Gasteiger partial charge is 0.497 e. The molecule has 7 nitrogen and oxygen atoms in total. The lowest BCUT2D eigenvalue weighted by Crippen LogP contribution is -2.36. The molecule has 7 heteroatoms. The molecule has 1 amide bonds. The third-order valence-corrected chi connectivity index (χ3v) is 4.72. The number of fused-ring (bicyclic) bond motifs is 1. The van der Waals surface area contributed by atoms with Crippen molar-refractivity contribution in [2.24, 2.45) is 0 Å². The maximum absolute atomic E-state index is 12.6. The van der Waals surface area contributed by atoms with Crippen molar-refractivity contribution in [3.63, 3.8) is 0 Å². The van der Waals surface area contributed by atoms with Gasteiger partial charge in [0.15, 0.2) is 0 Å². The second-order valence-electron chi connectivity index (χ2n) is 6.45. The van der Waals surface area contributed by atoms with E-state index in [2.05, 4.69) is 21.2 Å². The van der Waals surface area contributed by atoms with Crippen LogP contribution in [0, 0.1) is 0 Å². The van der Waals surface area contributed by atoms with Gasteiger partial charge in [0, 0.05) is 43.9 Å². The van der Waals surface area contributed by atoms with E-state index in [0.29, 0.717) is 31.1 Å². The number of methoxy groups -OCH3 is 1. The van der Waals surface area contributed by atoms with Crippen molar-refractivity contribution in [1.29, 1.82) is 0 Å². The summed E-state index contributed by atoms with van der Waals surface area (Å²) in [4.78, 5) is 22.9. The van der Waals surface area contributed by atoms with E-state index < -0.39 is 0 Å². The predicted molar refractivity (Wildman–Crippen MR) is 98.0 cm³/mol. The van der Waals surface area contributed by atoms with Crippen molar-refractivity contribution in [1.82, 2.24) is 20.0 Å². The maximum Gasteiger partial charge on any atom is 0.227 e. The number of nitrogens with zero attached hydrogens (tertiary/aromatic N) is 4. The quantitative estimate of drug-likeness (QED) is 0.692. The Balaban J connectivity index is 1.37. The number of amides is 1. The Morgan fingerprint density at radius 2 is 2.22 bits per heavy atom. The highest BCUT2D eigenvalue weighted by molar-refractivity contribution is 5.76. The molecular weight excluding hydrogens is 344 g/mol. The van der Waals surface area contributed by atoms with Gasteiger partial charge in [-0.1, -0.05) is 11.2 Å². The molecule has 27 heavy (non-hydrogen) atoms. The predicted octanol–water partition coefficient (Wildman–Crippen LogP) is 2.66. The number of benzene rings is 1. The number of carbonyl (C=O) groups is 1. The lowest BCUT2D eigenvalue weighted by atomic mass is 9.99. The van der Waals surface area contributed by atoms with Crippen molar-refractivity contribution in [2.45, 2.75) is 25.8 Å². The van der Waals surface area contributed by atoms with Gasteiger partial charge in [0.2, 0.25) is 17.6 Å². The van der Waals surface area contributed by atoms with E-state index in [-0.39, 0.29) is 5.91 Å². The lowest BCUT2D eigenvalue weighted by Gasteiger charge is -2.29. The Morgan fingerprint density at radius 3 is 3.04 bits per heavy atom. The molecule has 1 aromatic carbocycles. The van der Waals surface area contributed by atoms with E-state index in [0.717, 1.165) is 29.8 Å². The molecule has 0 unspecified atom stereocenters. The van der Waals surface area contributed by atoms with Gasteiger partial charge < -0.3 is 14.2 Å². The summed E-state index contributed by atoms with van der Waals surface area (Å²) in [6, 6.07) is 9.73. The van der Waals surface area contributed by atoms with Crippen LogP contribution in [0.2, 0.25) is 0 Å². The number of hydrogen-bond acceptors (Lipinski definition) is 6. The summed E-state index contributed by atoms with van der Waals surface area (Å²) < 4.78 is 10.6. The Bertz CT molecular complexity index is 939. The molecule has 0 atom stereocenters. The van der Waals surface area contributed by atoms with Gasteiger partial charge in [-0.05, 0) is 41.8 Å². The SMILES string of the molecule is COc1ccc2c(c1)CN(C(=O)CCc1nc(-c3cccnc3)no1)CC2. The first kappa shape index (κ1) is 17.2. The van der Waals surface area contributed by atoms with Crippen LogP contribution in [0.4, 0.5) is 0 Å². The van der Waals surface area contributed by atoms with Crippen LogP contribution in [-0.2, 0) is 24.2 Å². The lowest BCUT2D eigenvalue weighted by molar-refractivity contribution is -0.132. The average molecular weight is 364 g/mol. The fourth-order valence-corrected chi connectivity index (χ4v) is 3.21. The topological polar surface area (TPSA) is 81.4 Å². The minimum atomic E-state index is 0.0876. The number of rotatable bonds is 5. The van der Waals surface area contributed by atoms with E-state index in [4.69, 9.17) is 9.26 Å². The minimum absolute atomic E-state index is 0.0876. The van der Waals surface area contributed by atoms with E-state index in [1.807, 2.05) is 29.2 Å². The van der Waals surface area contributed by atoms with Gasteiger partial charge in [-0.2, -0.15) is 4.98 Å². The van der Waals surface area contributed by atoms with Crippen molar-refractivity contribution in [3.8, 4) is 17.1 Å². The molecule has 138 valence electrons. The van der Waals surface area contributed by atoms with Gasteiger partial charge in [0.1, 0.15) is 5.75 Å². The van der Waals surface area contributed by atoms with E-state index in [9.17, 15) is 4.79 Å². The molecule has 2 aromatic heterocycles. The molecule has 0 aliphatic carbocycles. The van der Waals surface area contributed by atoms with Crippen molar-refractivity contribution < 1.29 is 14.1 Å². The normalized spacial score (nSPS) is 13.3. The van der Waals surface area contributed by atoms with Crippen LogP contribution in [0.1, 0.15) is 23.4 Å². The van der Waals surface area contributed by atoms with E-state index in [1.54, 1.807) is 19.5 Å². The third kappa shape index (κ3) is 3.81. The molecule has 0 N–H and O–H groups in total. The van der Waals surface area contributed by atoms with Crippen molar-refractivity contribution in [3.05, 3.63) is 59.7 Å². The molecule has 0 spiro atoms. The zero-order valence-corrected chi connectivity index (χ0v) is 15.1. The summed E-state index contributed by atoms with van der Waals surface area (Å²) in [6.07, 6.45) is 4.99. The van der Waals surface area contributed by atoms with Crippen LogP contribution in [0.25, 0.3) is 11.4 Å². The first-order valence-corrected chi connectivity index (χ1v) is 8.89. The summed E-state index contributed by atoms with van der Waals surface area (Å²) >= 11 is 0. The summed E-state index contributed by atoms with van der Waals surface area (Å²) in [5, 5.41) is 3.96. The highest BCUT2D eigenvalue weighted by Crippen LogP contribution is 2.24. The molecular formula is C20H20N4O3. The molecule has 3 aromatic rings. The van der Waals surface area contributed by atoms with Crippen LogP contribution in [0.3, 0.4) is 0 Å². The molecule has 1 aliphatic heterocycles. The van der Waals surface area contributed by atoms with E-state index in [1.165, 1.54) is 5.56 Å². The van der Waals surface area contributed by atoms with E-state index >= 15 is 0 Å². The second-order valence-corrected chi connectivity index (χ2v) is 6.45. The zero-order valence-electron chi connectivity index (χ0n) is 15.1. The highest BCUT2D eigenvalue weighted by Gasteiger charge is 2.21. The van der Waals surface area contributed by atoms with Crippen LogP contribution in [-0.4, -0.2) is 39.6 Å². The Morgan fingerprint density at radius 1 is 1.30 bits per heavy atom. The van der Waals surface area contributed by atoms with Crippen molar-refractivity contribution >= 4 is 5.91 Å². The number of aromatic nitrogens is 3. The number of pyridine rings is 1. The fourth-order valence-electron chi connectivity index (χ4n) is 3.21. The summed E-state index contributed by atoms with van der Waals surface area (Å²) in [6.45, 7) is 1.33. The van der Waals surface area contributed by atoms with Gasteiger partial charge in [-0.15, -0.1) is 0 Å². The molecule has 0 fully saturated rings. The summed E-state index contributed by atoms with van der Waals surface area (Å²) in [5.74, 6) is 1.85. The molecule has 0 radical (unpaired) electrons. The molecule has 0 bridgehead atoms. The minimum Gasteiger partial charge on any atom is -0.497 e. The summed E-state index contributed by atoms with van der Waals surface area (Å²) in [5.41, 5.74) is 3.21. The van der Waals surface area contributed by atoms with Gasteiger partial charge in [0.25, 0.3) is 0 Å². The second kappa shape index (κ2) is 7.57. The first-order valence-electron chi connectivity index (χ1n) is 8.89. The van der Waals surface area contributed by atoms with Gasteiger partial charge >= 0.3 is 0 Å². The first-order chi connectivity index (χ1) is 13.2. The third-order valence-electron chi connectivity index (χ3n) is 4.72. The molecule has 4 rings (SSSR count). The van der Waals surface area contributed by atoms with Crippen LogP contribution in [0.5, 0.6) is 5.75 Å². The van der Waals surface area contributed by atoms with Crippen LogP contribution >= 0.6 is 0 Å². The average Bonchev–Trinajstić information content (AvgIpc) is 3.21. The number of ether oxygens (including phenoxy) is 1. The van der Waals surface area contributed by atoms with Gasteiger partial charge in [-0.25, -0.2) is 0 Å². The Kier molecular flexibility index (Phi) is 4.82. The highest BCUT2D eigenvalue weighted by atomic mass is 16.5. The monoisotopic (exact) mass is 364 g/mol. The van der Waals surface area contributed by atoms with Crippen molar-refractivity contribution in [2.75, 3.05) is 13.7 Å². The standard InChI is InChI=1S/C20H20N4O3/c1-26-17-5-4-14-8-10-24(13-16(14)11-17)19(25)7-6-18-22-20(23-27-18)15-3-2-9-21-12-15/h2-5,9,11-12H,6-8,10,13H2,1H3. The zero-order chi connectivity index (χ0) is 18.6. The fraction of sp³-hybridized carbons (Fsp3) is 0.300. The molecule has 0 saturated carbocycles. The maximum atomic E-state index is 12.6. The van der Waals surface area contributed by atoms with Gasteiger partial charge in [-0.3, -0.25) is 9.78 Å². The Hall–Kier alpha value is -3.22. The van der Waals surface area contributed by atoms with Crippen LogP contribution < -0.4 is 4.74 Å². The van der Waals surface area contributed by atoms with Gasteiger partial charge in [0.05, 0.1) is 7.11 Å². The molecule has 0 saturated heterocycles. The molecule has 1 aliphatic rings. The van der Waals surface area contributed by atoms with Crippen LogP contribution in [0.15, 0.2) is 47.2 Å². The number of aryl methyl sites for hydroxylation is 1. The smallest absolute Gasteiger partial charge is 0.227 e. The molecule has 3 heterocycles.